The average molecular weight is 474 g/mol. The molecule has 7 heteroatoms. The molecule has 0 unspecified atom stereocenters. The highest BCUT2D eigenvalue weighted by Gasteiger charge is 2.17. The van der Waals surface area contributed by atoms with E-state index in [9.17, 15) is 4.79 Å². The first-order chi connectivity index (χ1) is 16.6. The molecule has 0 bridgehead atoms. The van der Waals surface area contributed by atoms with Crippen LogP contribution in [0.5, 0.6) is 5.75 Å². The zero-order valence-corrected chi connectivity index (χ0v) is 20.3. The van der Waals surface area contributed by atoms with Crippen LogP contribution in [-0.2, 0) is 5.75 Å². The predicted octanol–water partition coefficient (Wildman–Crippen LogP) is 5.67. The van der Waals surface area contributed by atoms with Gasteiger partial charge in [0.05, 0.1) is 12.5 Å². The molecule has 4 aromatic rings. The lowest BCUT2D eigenvalue weighted by molar-refractivity contribution is 0.340. The highest BCUT2D eigenvalue weighted by molar-refractivity contribution is 7.98. The van der Waals surface area contributed by atoms with Crippen molar-refractivity contribution in [2.45, 2.75) is 19.6 Å². The number of rotatable bonds is 8. The number of benzene rings is 2. The first-order valence-corrected chi connectivity index (χ1v) is 12.2. The van der Waals surface area contributed by atoms with Crippen LogP contribution in [0.1, 0.15) is 23.6 Å². The van der Waals surface area contributed by atoms with Gasteiger partial charge >= 0.3 is 5.63 Å². The Bertz CT molecular complexity index is 1340. The molecule has 6 nitrogen and oxygen atoms in total. The molecule has 174 valence electrons. The van der Waals surface area contributed by atoms with Crippen LogP contribution in [0.25, 0.3) is 11.0 Å². The summed E-state index contributed by atoms with van der Waals surface area (Å²) in [5, 5.41) is 0.960. The van der Waals surface area contributed by atoms with Crippen LogP contribution in [0.2, 0.25) is 0 Å². The van der Waals surface area contributed by atoms with Gasteiger partial charge in [0.15, 0.2) is 0 Å². The number of hydrogen-bond acceptors (Lipinski definition) is 6. The second kappa shape index (κ2) is 11.0. The van der Waals surface area contributed by atoms with Crippen LogP contribution in [0.15, 0.2) is 87.3 Å². The fourth-order valence-corrected chi connectivity index (χ4v) is 4.76. The van der Waals surface area contributed by atoms with Crippen molar-refractivity contribution in [3.8, 4) is 5.75 Å². The van der Waals surface area contributed by atoms with Crippen molar-refractivity contribution in [1.82, 2.24) is 4.98 Å². The SMILES string of the molecule is CCOc1ccc(N(CSCc2cc(=O)oc3cc(C)ccc23)/C(=N\C)c2cccnc2)cc1. The number of aromatic nitrogens is 1. The van der Waals surface area contributed by atoms with Crippen molar-refractivity contribution < 1.29 is 9.15 Å². The Kier molecular flexibility index (Phi) is 7.65. The van der Waals surface area contributed by atoms with Gasteiger partial charge in [-0.15, -0.1) is 11.8 Å². The highest BCUT2D eigenvalue weighted by atomic mass is 32.2. The fraction of sp³-hybridized carbons (Fsp3) is 0.222. The quantitative estimate of drug-likeness (QED) is 0.142. The van der Waals surface area contributed by atoms with Gasteiger partial charge in [0, 0.05) is 47.9 Å². The molecule has 4 rings (SSSR count). The molecule has 0 aliphatic heterocycles. The second-order valence-corrected chi connectivity index (χ2v) is 8.67. The van der Waals surface area contributed by atoms with Crippen LogP contribution in [-0.4, -0.2) is 30.4 Å². The molecule has 0 radical (unpaired) electrons. The lowest BCUT2D eigenvalue weighted by Gasteiger charge is -2.26. The molecule has 0 saturated heterocycles. The molecule has 0 aliphatic rings. The van der Waals surface area contributed by atoms with Crippen molar-refractivity contribution in [2.75, 3.05) is 24.4 Å². The molecular weight excluding hydrogens is 446 g/mol. The van der Waals surface area contributed by atoms with E-state index < -0.39 is 0 Å². The van der Waals surface area contributed by atoms with Gasteiger partial charge in [-0.2, -0.15) is 0 Å². The average Bonchev–Trinajstić information content (AvgIpc) is 2.84. The van der Waals surface area contributed by atoms with E-state index in [0.717, 1.165) is 39.3 Å². The predicted molar refractivity (Wildman–Crippen MR) is 140 cm³/mol. The molecule has 2 aromatic carbocycles. The van der Waals surface area contributed by atoms with Gasteiger partial charge in [0.1, 0.15) is 17.2 Å². The van der Waals surface area contributed by atoms with Gasteiger partial charge in [-0.05, 0) is 67.4 Å². The van der Waals surface area contributed by atoms with Gasteiger partial charge in [-0.1, -0.05) is 12.1 Å². The summed E-state index contributed by atoms with van der Waals surface area (Å²) in [6, 6.07) is 19.4. The minimum absolute atomic E-state index is 0.330. The van der Waals surface area contributed by atoms with E-state index in [1.807, 2.05) is 74.6 Å². The molecule has 34 heavy (non-hydrogen) atoms. The second-order valence-electron chi connectivity index (χ2n) is 7.71. The van der Waals surface area contributed by atoms with Crippen molar-refractivity contribution in [2.24, 2.45) is 4.99 Å². The van der Waals surface area contributed by atoms with E-state index in [1.165, 1.54) is 0 Å². The minimum atomic E-state index is -0.330. The number of pyridine rings is 1. The van der Waals surface area contributed by atoms with E-state index in [0.29, 0.717) is 23.8 Å². The van der Waals surface area contributed by atoms with E-state index in [-0.39, 0.29) is 5.63 Å². The van der Waals surface area contributed by atoms with Gasteiger partial charge in [0.2, 0.25) is 0 Å². The van der Waals surface area contributed by atoms with E-state index >= 15 is 0 Å². The number of fused-ring (bicyclic) bond motifs is 1. The van der Waals surface area contributed by atoms with Crippen LogP contribution < -0.4 is 15.3 Å². The molecule has 0 N–H and O–H groups in total. The first-order valence-electron chi connectivity index (χ1n) is 11.1. The lowest BCUT2D eigenvalue weighted by atomic mass is 10.1. The minimum Gasteiger partial charge on any atom is -0.494 e. The van der Waals surface area contributed by atoms with Gasteiger partial charge in [-0.3, -0.25) is 9.98 Å². The normalized spacial score (nSPS) is 11.6. The van der Waals surface area contributed by atoms with Gasteiger partial charge in [0.25, 0.3) is 0 Å². The number of ether oxygens (including phenoxy) is 1. The maximum atomic E-state index is 12.1. The van der Waals surface area contributed by atoms with Crippen LogP contribution in [0.3, 0.4) is 0 Å². The van der Waals surface area contributed by atoms with Gasteiger partial charge in [-0.25, -0.2) is 4.79 Å². The molecule has 2 heterocycles. The number of thioether (sulfide) groups is 1. The monoisotopic (exact) mass is 473 g/mol. The number of aliphatic imine (C=N–C) groups is 1. The van der Waals surface area contributed by atoms with Crippen LogP contribution in [0, 0.1) is 6.92 Å². The molecule has 0 aliphatic carbocycles. The summed E-state index contributed by atoms with van der Waals surface area (Å²) in [7, 11) is 1.78. The summed E-state index contributed by atoms with van der Waals surface area (Å²) in [5.74, 6) is 2.93. The Morgan fingerprint density at radius 2 is 1.97 bits per heavy atom. The summed E-state index contributed by atoms with van der Waals surface area (Å²) in [6.45, 7) is 4.57. The molecule has 0 saturated carbocycles. The fourth-order valence-electron chi connectivity index (χ4n) is 3.75. The Morgan fingerprint density at radius 3 is 2.68 bits per heavy atom. The summed E-state index contributed by atoms with van der Waals surface area (Å²) in [4.78, 5) is 23.1. The Labute approximate surface area is 203 Å². The zero-order valence-electron chi connectivity index (χ0n) is 19.5. The van der Waals surface area contributed by atoms with Crippen LogP contribution in [0.4, 0.5) is 5.69 Å². The van der Waals surface area contributed by atoms with Crippen molar-refractivity contribution in [1.29, 1.82) is 0 Å². The number of nitrogens with zero attached hydrogens (tertiary/aromatic N) is 3. The number of anilines is 1. The molecule has 0 atom stereocenters. The molecule has 0 spiro atoms. The maximum Gasteiger partial charge on any atom is 0.336 e. The smallest absolute Gasteiger partial charge is 0.336 e. The first kappa shape index (κ1) is 23.6. The summed E-state index contributed by atoms with van der Waals surface area (Å²) in [5.41, 5.74) is 4.23. The number of hydrogen-bond donors (Lipinski definition) is 0. The van der Waals surface area contributed by atoms with Crippen LogP contribution >= 0.6 is 11.8 Å². The third-order valence-corrected chi connectivity index (χ3v) is 6.27. The summed E-state index contributed by atoms with van der Waals surface area (Å²) < 4.78 is 11.0. The highest BCUT2D eigenvalue weighted by Crippen LogP contribution is 2.27. The molecular formula is C27H27N3O3S. The lowest BCUT2D eigenvalue weighted by Crippen LogP contribution is -2.31. The largest absolute Gasteiger partial charge is 0.494 e. The topological polar surface area (TPSA) is 67.9 Å². The number of aryl methyl sites for hydroxylation is 1. The Hall–Kier alpha value is -3.58. The third-order valence-electron chi connectivity index (χ3n) is 5.31. The molecule has 0 amide bonds. The molecule has 2 aromatic heterocycles. The van der Waals surface area contributed by atoms with Crippen molar-refractivity contribution in [3.63, 3.8) is 0 Å². The van der Waals surface area contributed by atoms with Crippen molar-refractivity contribution in [3.05, 3.63) is 100 Å². The van der Waals surface area contributed by atoms with E-state index in [4.69, 9.17) is 9.15 Å². The third kappa shape index (κ3) is 5.48. The van der Waals surface area contributed by atoms with E-state index in [2.05, 4.69) is 14.9 Å². The number of amidine groups is 1. The van der Waals surface area contributed by atoms with Gasteiger partial charge < -0.3 is 14.1 Å². The van der Waals surface area contributed by atoms with E-state index in [1.54, 1.807) is 31.1 Å². The van der Waals surface area contributed by atoms with Crippen molar-refractivity contribution >= 4 is 34.3 Å². The maximum absolute atomic E-state index is 12.1. The standard InChI is InChI=1S/C27H27N3O3S/c1-4-32-23-10-8-22(9-11-23)30(27(28-3)20-6-5-13-29-16-20)18-34-17-21-15-26(31)33-25-14-19(2)7-12-24(21)25/h5-16H,4,17-18H2,1-3H3/b28-27-. The zero-order chi connectivity index (χ0) is 23.9. The molecule has 0 fully saturated rings. The Balaban J connectivity index is 1.61. The summed E-state index contributed by atoms with van der Waals surface area (Å²) >= 11 is 1.70. The Morgan fingerprint density at radius 1 is 1.15 bits per heavy atom. The summed E-state index contributed by atoms with van der Waals surface area (Å²) in [6.07, 6.45) is 3.56.